The molecule has 2 aromatic rings. The van der Waals surface area contributed by atoms with Crippen LogP contribution in [0.3, 0.4) is 0 Å². The van der Waals surface area contributed by atoms with Crippen LogP contribution in [0.15, 0.2) is 18.5 Å². The van der Waals surface area contributed by atoms with Gasteiger partial charge in [-0.1, -0.05) is 25.4 Å². The van der Waals surface area contributed by atoms with Gasteiger partial charge < -0.3 is 9.80 Å². The number of anilines is 1. The summed E-state index contributed by atoms with van der Waals surface area (Å²) in [5, 5.41) is 2.83. The normalized spacial score (nSPS) is 18.3. The van der Waals surface area contributed by atoms with Gasteiger partial charge in [0.25, 0.3) is 0 Å². The summed E-state index contributed by atoms with van der Waals surface area (Å²) in [6.45, 7) is 6.48. The monoisotopic (exact) mass is 318 g/mol. The Balaban J connectivity index is 2.06. The number of rotatable bonds is 4. The zero-order valence-corrected chi connectivity index (χ0v) is 14.4. The molecule has 22 heavy (non-hydrogen) atoms. The Morgan fingerprint density at radius 1 is 1.27 bits per heavy atom. The van der Waals surface area contributed by atoms with Crippen molar-refractivity contribution < 1.29 is 0 Å². The van der Waals surface area contributed by atoms with Crippen molar-refractivity contribution in [1.82, 2.24) is 14.9 Å². The molecule has 0 N–H and O–H groups in total. The molecule has 3 rings (SSSR count). The standard InChI is InChI=1S/C17H23ClN4/c1-11(2)14-8-20-17(15-9-19-16(18)7-13(14)15)22-6-5-12(22)10-21(3)4/h7-9,11-12H,5-6,10H2,1-4H3/t12-/m0/s1. The second-order valence-corrected chi connectivity index (χ2v) is 7.03. The van der Waals surface area contributed by atoms with Crippen LogP contribution in [0.1, 0.15) is 31.7 Å². The third-order valence-electron chi connectivity index (χ3n) is 4.36. The van der Waals surface area contributed by atoms with Gasteiger partial charge in [0.2, 0.25) is 0 Å². The van der Waals surface area contributed by atoms with Crippen LogP contribution in [0.4, 0.5) is 5.82 Å². The van der Waals surface area contributed by atoms with Crippen LogP contribution in [0.25, 0.3) is 10.8 Å². The Bertz CT molecular complexity index is 684. The van der Waals surface area contributed by atoms with E-state index in [1.54, 1.807) is 0 Å². The fraction of sp³-hybridized carbons (Fsp3) is 0.529. The summed E-state index contributed by atoms with van der Waals surface area (Å²) in [6.07, 6.45) is 5.09. The van der Waals surface area contributed by atoms with E-state index in [9.17, 15) is 0 Å². The van der Waals surface area contributed by atoms with Gasteiger partial charge in [0, 0.05) is 36.9 Å². The molecule has 1 aliphatic heterocycles. The van der Waals surface area contributed by atoms with E-state index >= 15 is 0 Å². The predicted octanol–water partition coefficient (Wildman–Crippen LogP) is 3.55. The maximum atomic E-state index is 6.12. The van der Waals surface area contributed by atoms with Gasteiger partial charge in [-0.05, 0) is 43.5 Å². The minimum absolute atomic E-state index is 0.413. The van der Waals surface area contributed by atoms with Crippen LogP contribution < -0.4 is 4.90 Å². The predicted molar refractivity (Wildman–Crippen MR) is 92.9 cm³/mol. The summed E-state index contributed by atoms with van der Waals surface area (Å²) in [4.78, 5) is 13.7. The average molecular weight is 319 g/mol. The fourth-order valence-electron chi connectivity index (χ4n) is 3.14. The number of nitrogens with zero attached hydrogens (tertiary/aromatic N) is 4. The molecule has 118 valence electrons. The Hall–Kier alpha value is -1.39. The first-order chi connectivity index (χ1) is 10.5. The van der Waals surface area contributed by atoms with Gasteiger partial charge in [-0.15, -0.1) is 0 Å². The first-order valence-corrected chi connectivity index (χ1v) is 8.20. The molecule has 0 radical (unpaired) electrons. The quantitative estimate of drug-likeness (QED) is 0.807. The van der Waals surface area contributed by atoms with Crippen molar-refractivity contribution in [3.8, 4) is 0 Å². The van der Waals surface area contributed by atoms with Crippen LogP contribution in [0.5, 0.6) is 0 Å². The molecule has 5 heteroatoms. The third-order valence-corrected chi connectivity index (χ3v) is 4.57. The zero-order chi connectivity index (χ0) is 15.9. The van der Waals surface area contributed by atoms with Crippen molar-refractivity contribution in [2.45, 2.75) is 32.2 Å². The topological polar surface area (TPSA) is 32.3 Å². The molecule has 4 nitrogen and oxygen atoms in total. The lowest BCUT2D eigenvalue weighted by molar-refractivity contribution is 0.311. The molecular formula is C17H23ClN4. The Labute approximate surface area is 137 Å². The van der Waals surface area contributed by atoms with Crippen LogP contribution in [0, 0.1) is 0 Å². The second kappa shape index (κ2) is 6.01. The average Bonchev–Trinajstić information content (AvgIpc) is 2.43. The summed E-state index contributed by atoms with van der Waals surface area (Å²) >= 11 is 6.12. The Morgan fingerprint density at radius 3 is 2.64 bits per heavy atom. The maximum absolute atomic E-state index is 6.12. The third kappa shape index (κ3) is 2.77. The van der Waals surface area contributed by atoms with Crippen molar-refractivity contribution >= 4 is 28.2 Å². The lowest BCUT2D eigenvalue weighted by Crippen LogP contribution is -2.53. The number of hydrogen-bond donors (Lipinski definition) is 0. The van der Waals surface area contributed by atoms with Crippen molar-refractivity contribution in [2.24, 2.45) is 0 Å². The molecule has 1 aliphatic rings. The molecule has 1 atom stereocenters. The molecular weight excluding hydrogens is 296 g/mol. The smallest absolute Gasteiger partial charge is 0.138 e. The van der Waals surface area contributed by atoms with E-state index < -0.39 is 0 Å². The minimum atomic E-state index is 0.413. The van der Waals surface area contributed by atoms with Crippen molar-refractivity contribution in [2.75, 3.05) is 32.1 Å². The highest BCUT2D eigenvalue weighted by Crippen LogP contribution is 2.35. The van der Waals surface area contributed by atoms with Gasteiger partial charge in [-0.2, -0.15) is 0 Å². The van der Waals surface area contributed by atoms with Gasteiger partial charge in [-0.25, -0.2) is 9.97 Å². The molecule has 3 heterocycles. The van der Waals surface area contributed by atoms with Crippen LogP contribution in [0.2, 0.25) is 5.15 Å². The number of pyridine rings is 2. The van der Waals surface area contributed by atoms with E-state index in [1.165, 1.54) is 17.4 Å². The molecule has 1 fully saturated rings. The number of hydrogen-bond acceptors (Lipinski definition) is 4. The molecule has 0 aliphatic carbocycles. The molecule has 2 aromatic heterocycles. The van der Waals surface area contributed by atoms with E-state index in [0.29, 0.717) is 17.1 Å². The molecule has 0 aromatic carbocycles. The van der Waals surface area contributed by atoms with Gasteiger partial charge in [0.05, 0.1) is 0 Å². The number of halogens is 1. The summed E-state index contributed by atoms with van der Waals surface area (Å²) < 4.78 is 0. The highest BCUT2D eigenvalue weighted by molar-refractivity contribution is 6.30. The second-order valence-electron chi connectivity index (χ2n) is 6.64. The van der Waals surface area contributed by atoms with E-state index in [1.807, 2.05) is 18.5 Å². The van der Waals surface area contributed by atoms with Crippen molar-refractivity contribution in [3.05, 3.63) is 29.2 Å². The summed E-state index contributed by atoms with van der Waals surface area (Å²) in [6, 6.07) is 2.50. The zero-order valence-electron chi connectivity index (χ0n) is 13.7. The van der Waals surface area contributed by atoms with Crippen molar-refractivity contribution in [3.63, 3.8) is 0 Å². The fourth-order valence-corrected chi connectivity index (χ4v) is 3.29. The van der Waals surface area contributed by atoms with Gasteiger partial charge in [0.15, 0.2) is 0 Å². The lowest BCUT2D eigenvalue weighted by Gasteiger charge is -2.43. The van der Waals surface area contributed by atoms with E-state index in [0.717, 1.165) is 24.3 Å². The summed E-state index contributed by atoms with van der Waals surface area (Å²) in [5.74, 6) is 1.46. The van der Waals surface area contributed by atoms with Crippen molar-refractivity contribution in [1.29, 1.82) is 0 Å². The Morgan fingerprint density at radius 2 is 2.05 bits per heavy atom. The maximum Gasteiger partial charge on any atom is 0.138 e. The minimum Gasteiger partial charge on any atom is -0.352 e. The molecule has 0 saturated carbocycles. The Kier molecular flexibility index (Phi) is 4.24. The highest BCUT2D eigenvalue weighted by atomic mass is 35.5. The van der Waals surface area contributed by atoms with E-state index in [-0.39, 0.29) is 0 Å². The van der Waals surface area contributed by atoms with E-state index in [4.69, 9.17) is 16.6 Å². The van der Waals surface area contributed by atoms with Gasteiger partial charge in [-0.3, -0.25) is 0 Å². The first-order valence-electron chi connectivity index (χ1n) is 7.83. The highest BCUT2D eigenvalue weighted by Gasteiger charge is 2.31. The first kappa shape index (κ1) is 15.5. The van der Waals surface area contributed by atoms with Gasteiger partial charge >= 0.3 is 0 Å². The molecule has 1 saturated heterocycles. The van der Waals surface area contributed by atoms with Crippen LogP contribution in [-0.2, 0) is 0 Å². The van der Waals surface area contributed by atoms with E-state index in [2.05, 4.69) is 42.7 Å². The number of aromatic nitrogens is 2. The largest absolute Gasteiger partial charge is 0.352 e. The molecule has 0 amide bonds. The van der Waals surface area contributed by atoms with Crippen LogP contribution >= 0.6 is 11.6 Å². The molecule has 0 bridgehead atoms. The summed E-state index contributed by atoms with van der Waals surface area (Å²) in [7, 11) is 4.23. The molecule has 0 unspecified atom stereocenters. The van der Waals surface area contributed by atoms with Crippen LogP contribution in [-0.4, -0.2) is 48.1 Å². The van der Waals surface area contributed by atoms with Gasteiger partial charge in [0.1, 0.15) is 11.0 Å². The SMILES string of the molecule is CC(C)c1cnc(N2CC[C@H]2CN(C)C)c2cnc(Cl)cc12. The lowest BCUT2D eigenvalue weighted by atomic mass is 9.97. The number of likely N-dealkylation sites (N-methyl/N-ethyl adjacent to an activating group) is 1. The number of fused-ring (bicyclic) bond motifs is 1. The molecule has 0 spiro atoms. The summed E-state index contributed by atoms with van der Waals surface area (Å²) in [5.41, 5.74) is 1.23.